The summed E-state index contributed by atoms with van der Waals surface area (Å²) in [5.74, 6) is 0.682. The number of hydrogen-bond donors (Lipinski definition) is 0. The van der Waals surface area contributed by atoms with E-state index in [0.717, 1.165) is 38.2 Å². The molecule has 0 saturated heterocycles. The van der Waals surface area contributed by atoms with Gasteiger partial charge in [-0.25, -0.2) is 19.3 Å². The van der Waals surface area contributed by atoms with Crippen molar-refractivity contribution in [2.45, 2.75) is 17.9 Å². The molecule has 0 unspecified atom stereocenters. The Morgan fingerprint density at radius 2 is 0.780 bits per heavy atom. The van der Waals surface area contributed by atoms with E-state index in [2.05, 4.69) is 10.2 Å². The molecule has 250 valence electrons. The molecule has 0 aliphatic heterocycles. The van der Waals surface area contributed by atoms with Gasteiger partial charge < -0.3 is 0 Å². The fraction of sp³-hybridized carbons (Fsp3) is 0.0811. The lowest BCUT2D eigenvalue weighted by Gasteiger charge is -2.45. The van der Waals surface area contributed by atoms with Crippen molar-refractivity contribution in [1.82, 2.24) is 29.5 Å². The highest BCUT2D eigenvalue weighted by molar-refractivity contribution is 5.70. The summed E-state index contributed by atoms with van der Waals surface area (Å²) < 4.78 is 83.2. The monoisotopic (exact) mass is 681 g/mol. The van der Waals surface area contributed by atoms with Gasteiger partial charge >= 0.3 is 12.4 Å². The van der Waals surface area contributed by atoms with E-state index < -0.39 is 29.3 Å². The number of pyridine rings is 2. The first kappa shape index (κ1) is 32.3. The van der Waals surface area contributed by atoms with E-state index in [0.29, 0.717) is 0 Å². The molecule has 0 saturated carbocycles. The van der Waals surface area contributed by atoms with E-state index in [1.807, 2.05) is 95.9 Å². The zero-order chi connectivity index (χ0) is 34.9. The topological polar surface area (TPSA) is 64.7 Å². The van der Waals surface area contributed by atoms with Crippen molar-refractivity contribution in [2.75, 3.05) is 4.90 Å². The maximum absolute atomic E-state index is 13.5. The third-order valence-corrected chi connectivity index (χ3v) is 8.04. The van der Waals surface area contributed by atoms with Crippen molar-refractivity contribution < 1.29 is 26.3 Å². The third-order valence-electron chi connectivity index (χ3n) is 8.04. The second-order valence-corrected chi connectivity index (χ2v) is 11.1. The minimum atomic E-state index is -4.67. The van der Waals surface area contributed by atoms with E-state index in [9.17, 15) is 26.3 Å². The van der Waals surface area contributed by atoms with Crippen molar-refractivity contribution in [3.63, 3.8) is 0 Å². The second-order valence-electron chi connectivity index (χ2n) is 11.1. The van der Waals surface area contributed by atoms with Crippen LogP contribution in [0.5, 0.6) is 0 Å². The molecule has 0 fully saturated rings. The smallest absolute Gasteiger partial charge is 0.292 e. The van der Waals surface area contributed by atoms with Crippen molar-refractivity contribution in [1.29, 1.82) is 0 Å². The molecule has 3 aromatic carbocycles. The van der Waals surface area contributed by atoms with Crippen molar-refractivity contribution in [2.24, 2.45) is 0 Å². The van der Waals surface area contributed by atoms with Gasteiger partial charge in [-0.2, -0.15) is 36.5 Å². The molecule has 0 atom stereocenters. The zero-order valence-electron chi connectivity index (χ0n) is 25.8. The van der Waals surface area contributed by atoms with Crippen molar-refractivity contribution in [3.05, 3.63) is 180 Å². The molecule has 0 bridgehead atoms. The van der Waals surface area contributed by atoms with Gasteiger partial charge in [0.2, 0.25) is 0 Å². The van der Waals surface area contributed by atoms with Gasteiger partial charge in [0.25, 0.3) is 0 Å². The Balaban J connectivity index is 1.53. The van der Waals surface area contributed by atoms with Crippen molar-refractivity contribution in [3.8, 4) is 11.6 Å². The maximum Gasteiger partial charge on any atom is 0.435 e. The Labute approximate surface area is 281 Å². The van der Waals surface area contributed by atoms with Gasteiger partial charge in [-0.3, -0.25) is 4.90 Å². The molecule has 4 aromatic heterocycles. The summed E-state index contributed by atoms with van der Waals surface area (Å²) in [5.41, 5.74) is -1.10. The highest BCUT2D eigenvalue weighted by Gasteiger charge is 2.45. The average Bonchev–Trinajstić information content (AvgIpc) is 3.84. The molecule has 7 nitrogen and oxygen atoms in total. The van der Waals surface area contributed by atoms with Crippen LogP contribution in [0.15, 0.2) is 152 Å². The van der Waals surface area contributed by atoms with Crippen LogP contribution in [-0.2, 0) is 17.9 Å². The Kier molecular flexibility index (Phi) is 8.18. The zero-order valence-corrected chi connectivity index (χ0v) is 25.8. The molecule has 50 heavy (non-hydrogen) atoms. The lowest BCUT2D eigenvalue weighted by molar-refractivity contribution is -0.142. The maximum atomic E-state index is 13.5. The normalized spacial score (nSPS) is 12.2. The van der Waals surface area contributed by atoms with E-state index in [1.54, 1.807) is 24.3 Å². The fourth-order valence-corrected chi connectivity index (χ4v) is 5.92. The molecule has 0 spiro atoms. The fourth-order valence-electron chi connectivity index (χ4n) is 5.92. The Morgan fingerprint density at radius 3 is 1.10 bits per heavy atom. The lowest BCUT2D eigenvalue weighted by atomic mass is 9.75. The van der Waals surface area contributed by atoms with Crippen LogP contribution in [0.1, 0.15) is 28.1 Å². The van der Waals surface area contributed by atoms with Crippen LogP contribution in [0.3, 0.4) is 0 Å². The van der Waals surface area contributed by atoms with Crippen LogP contribution in [-0.4, -0.2) is 29.5 Å². The Morgan fingerprint density at radius 1 is 0.420 bits per heavy atom. The summed E-state index contributed by atoms with van der Waals surface area (Å²) in [4.78, 5) is 11.5. The first-order chi connectivity index (χ1) is 24.0. The standard InChI is InChI=1S/C37H25F6N7/c38-36(39,40)29-22-24-48(46-29)31-18-10-20-33(44-31)50(34-21-11-19-32(45-34)49-25-23-30(47-49)37(41,42)43)35(26-12-4-1-5-13-26,27-14-6-2-7-15-27)28-16-8-3-9-17-28/h1-25H. The van der Waals surface area contributed by atoms with Crippen LogP contribution >= 0.6 is 0 Å². The molecular formula is C37H25F6N7. The summed E-state index contributed by atoms with van der Waals surface area (Å²) in [6, 6.07) is 39.9. The highest BCUT2D eigenvalue weighted by Crippen LogP contribution is 2.48. The molecular weight excluding hydrogens is 656 g/mol. The lowest BCUT2D eigenvalue weighted by Crippen LogP contribution is -2.46. The van der Waals surface area contributed by atoms with Gasteiger partial charge in [0, 0.05) is 12.4 Å². The summed E-state index contributed by atoms with van der Waals surface area (Å²) in [6.07, 6.45) is -6.98. The van der Waals surface area contributed by atoms with Gasteiger partial charge in [0.1, 0.15) is 17.2 Å². The largest absolute Gasteiger partial charge is 0.435 e. The van der Waals surface area contributed by atoms with Gasteiger partial charge in [0.05, 0.1) is 0 Å². The second kappa shape index (κ2) is 12.7. The molecule has 7 rings (SSSR count). The predicted molar refractivity (Wildman–Crippen MR) is 174 cm³/mol. The van der Waals surface area contributed by atoms with E-state index in [-0.39, 0.29) is 23.3 Å². The number of hydrogen-bond acceptors (Lipinski definition) is 5. The van der Waals surface area contributed by atoms with Crippen LogP contribution in [0.2, 0.25) is 0 Å². The average molecular weight is 682 g/mol. The quantitative estimate of drug-likeness (QED) is 0.118. The molecule has 4 heterocycles. The van der Waals surface area contributed by atoms with Gasteiger partial charge in [-0.05, 0) is 53.1 Å². The Hall–Kier alpha value is -6.24. The SMILES string of the molecule is FC(F)(F)c1ccn(-c2cccc(N(c3cccc(-n4ccc(C(F)(F)F)n4)n3)C(c3ccccc3)(c3ccccc3)c3ccccc3)n2)n1. The summed E-state index contributed by atoms with van der Waals surface area (Å²) in [5, 5.41) is 7.46. The molecule has 0 radical (unpaired) electrons. The molecule has 0 aliphatic carbocycles. The summed E-state index contributed by atoms with van der Waals surface area (Å²) >= 11 is 0. The molecule has 0 amide bonds. The van der Waals surface area contributed by atoms with Gasteiger partial charge in [0.15, 0.2) is 23.0 Å². The first-order valence-electron chi connectivity index (χ1n) is 15.2. The van der Waals surface area contributed by atoms with E-state index in [4.69, 9.17) is 9.97 Å². The van der Waals surface area contributed by atoms with Crippen LogP contribution in [0.4, 0.5) is 38.0 Å². The number of nitrogens with zero attached hydrogens (tertiary/aromatic N) is 7. The third kappa shape index (κ3) is 5.97. The van der Waals surface area contributed by atoms with E-state index in [1.165, 1.54) is 24.5 Å². The number of aromatic nitrogens is 6. The molecule has 0 aliphatic rings. The van der Waals surface area contributed by atoms with Gasteiger partial charge in [-0.1, -0.05) is 103 Å². The number of halogens is 6. The first-order valence-corrected chi connectivity index (χ1v) is 15.2. The van der Waals surface area contributed by atoms with E-state index >= 15 is 0 Å². The predicted octanol–water partition coefficient (Wildman–Crippen LogP) is 9.02. The number of alkyl halides is 6. The minimum Gasteiger partial charge on any atom is -0.292 e. The number of anilines is 2. The van der Waals surface area contributed by atoms with Crippen LogP contribution in [0.25, 0.3) is 11.6 Å². The van der Waals surface area contributed by atoms with Gasteiger partial charge in [-0.15, -0.1) is 0 Å². The van der Waals surface area contributed by atoms with Crippen LogP contribution < -0.4 is 4.90 Å². The van der Waals surface area contributed by atoms with Crippen molar-refractivity contribution >= 4 is 11.6 Å². The minimum absolute atomic E-state index is 0.0872. The Bertz CT molecular complexity index is 2020. The molecule has 0 N–H and O–H groups in total. The summed E-state index contributed by atoms with van der Waals surface area (Å²) in [7, 11) is 0. The van der Waals surface area contributed by atoms with Crippen LogP contribution in [0, 0.1) is 0 Å². The number of rotatable bonds is 8. The molecule has 13 heteroatoms. The summed E-state index contributed by atoms with van der Waals surface area (Å²) in [6.45, 7) is 0. The molecule has 7 aromatic rings. The highest BCUT2D eigenvalue weighted by atomic mass is 19.4. The number of benzene rings is 3.